The van der Waals surface area contributed by atoms with Gasteiger partial charge in [0.1, 0.15) is 7.11 Å². The summed E-state index contributed by atoms with van der Waals surface area (Å²) in [4.78, 5) is 4.33. The summed E-state index contributed by atoms with van der Waals surface area (Å²) in [5, 5.41) is 3.41. The Hall–Kier alpha value is -0.790. The molecule has 0 aromatic carbocycles. The van der Waals surface area contributed by atoms with E-state index in [2.05, 4.69) is 16.9 Å². The van der Waals surface area contributed by atoms with Crippen molar-refractivity contribution in [3.8, 4) is 0 Å². The topological polar surface area (TPSA) is 21.6 Å². The van der Waals surface area contributed by atoms with E-state index in [0.717, 1.165) is 0 Å². The van der Waals surface area contributed by atoms with Crippen LogP contribution in [-0.2, 0) is 4.84 Å². The maximum absolute atomic E-state index is 4.33. The van der Waals surface area contributed by atoms with Gasteiger partial charge in [0.25, 0.3) is 0 Å². The number of hydrogen-bond acceptors (Lipinski definition) is 2. The fraction of sp³-hybridized carbons (Fsp3) is 0.200. The van der Waals surface area contributed by atoms with Gasteiger partial charge in [-0.05, 0) is 13.0 Å². The third kappa shape index (κ3) is 5.21. The standard InChI is InChI=1S/C5H8NO/c1-3-4-5-6-7-2/h3-5H,1H2,2H3/b4-3+,6-5-. The Balaban J connectivity index is 3.09. The molecule has 1 radical (unpaired) electrons. The Morgan fingerprint density at radius 1 is 1.71 bits per heavy atom. The summed E-state index contributed by atoms with van der Waals surface area (Å²) < 4.78 is 0. The first-order chi connectivity index (χ1) is 3.41. The van der Waals surface area contributed by atoms with Gasteiger partial charge >= 0.3 is 0 Å². The smallest absolute Gasteiger partial charge is 0.106 e. The largest absolute Gasteiger partial charge is 0.399 e. The van der Waals surface area contributed by atoms with Crippen LogP contribution in [0, 0.1) is 6.92 Å². The van der Waals surface area contributed by atoms with Crippen molar-refractivity contribution >= 4 is 6.21 Å². The van der Waals surface area contributed by atoms with E-state index in [0.29, 0.717) is 0 Å². The van der Waals surface area contributed by atoms with E-state index in [-0.39, 0.29) is 0 Å². The van der Waals surface area contributed by atoms with Crippen LogP contribution in [0.2, 0.25) is 0 Å². The highest BCUT2D eigenvalue weighted by atomic mass is 16.6. The molecule has 7 heavy (non-hydrogen) atoms. The molecule has 2 nitrogen and oxygen atoms in total. The van der Waals surface area contributed by atoms with Gasteiger partial charge in [-0.2, -0.15) is 0 Å². The quantitative estimate of drug-likeness (QED) is 0.373. The van der Waals surface area contributed by atoms with Crippen molar-refractivity contribution in [2.24, 2.45) is 5.16 Å². The lowest BCUT2D eigenvalue weighted by Crippen LogP contribution is -1.66. The average Bonchev–Trinajstić information content (AvgIpc) is 1.69. The molecule has 0 N–H and O–H groups in total. The van der Waals surface area contributed by atoms with Crippen LogP contribution in [-0.4, -0.2) is 13.3 Å². The summed E-state index contributed by atoms with van der Waals surface area (Å²) in [5.74, 6) is 0. The van der Waals surface area contributed by atoms with E-state index in [1.54, 1.807) is 12.2 Å². The molecule has 0 saturated heterocycles. The van der Waals surface area contributed by atoms with Gasteiger partial charge in [0.05, 0.1) is 6.21 Å². The van der Waals surface area contributed by atoms with Crippen LogP contribution in [0.25, 0.3) is 0 Å². The van der Waals surface area contributed by atoms with E-state index >= 15 is 0 Å². The number of oxime groups is 1. The van der Waals surface area contributed by atoms with Gasteiger partial charge < -0.3 is 4.84 Å². The molecule has 0 aliphatic heterocycles. The summed E-state index contributed by atoms with van der Waals surface area (Å²) in [7, 11) is 1.49. The van der Waals surface area contributed by atoms with Gasteiger partial charge in [0.15, 0.2) is 0 Å². The highest BCUT2D eigenvalue weighted by Gasteiger charge is 1.56. The minimum atomic E-state index is 1.49. The molecule has 0 aliphatic rings. The maximum Gasteiger partial charge on any atom is 0.106 e. The van der Waals surface area contributed by atoms with Crippen LogP contribution in [0.5, 0.6) is 0 Å². The molecule has 0 amide bonds. The number of rotatable bonds is 2. The molecule has 0 rings (SSSR count). The zero-order chi connectivity index (χ0) is 5.54. The SMILES string of the molecule is [CH2]/C=C/C=N\OC. The van der Waals surface area contributed by atoms with Gasteiger partial charge in [-0.25, -0.2) is 0 Å². The number of hydrogen-bond donors (Lipinski definition) is 0. The zero-order valence-corrected chi connectivity index (χ0v) is 4.29. The fourth-order valence-electron chi connectivity index (χ4n) is 0.157. The van der Waals surface area contributed by atoms with Crippen LogP contribution < -0.4 is 0 Å². The molecule has 2 heteroatoms. The minimum Gasteiger partial charge on any atom is -0.399 e. The van der Waals surface area contributed by atoms with Crippen molar-refractivity contribution in [3.63, 3.8) is 0 Å². The van der Waals surface area contributed by atoms with Crippen LogP contribution in [0.1, 0.15) is 0 Å². The van der Waals surface area contributed by atoms with E-state index in [1.807, 2.05) is 0 Å². The lowest BCUT2D eigenvalue weighted by atomic mass is 10.6. The molecule has 0 aromatic heterocycles. The second-order valence-electron chi connectivity index (χ2n) is 0.865. The van der Waals surface area contributed by atoms with Gasteiger partial charge in [-0.3, -0.25) is 0 Å². The highest BCUT2D eigenvalue weighted by molar-refractivity contribution is 5.70. The first-order valence-corrected chi connectivity index (χ1v) is 1.92. The van der Waals surface area contributed by atoms with E-state index in [4.69, 9.17) is 0 Å². The number of allylic oxidation sites excluding steroid dienone is 2. The molecule has 0 atom stereocenters. The van der Waals surface area contributed by atoms with E-state index < -0.39 is 0 Å². The highest BCUT2D eigenvalue weighted by Crippen LogP contribution is 1.65. The summed E-state index contributed by atoms with van der Waals surface area (Å²) >= 11 is 0. The third-order valence-electron chi connectivity index (χ3n) is 0.388. The second kappa shape index (κ2) is 5.21. The van der Waals surface area contributed by atoms with Crippen molar-refractivity contribution in [3.05, 3.63) is 19.1 Å². The first kappa shape index (κ1) is 6.21. The predicted octanol–water partition coefficient (Wildman–Crippen LogP) is 1.01. The van der Waals surface area contributed by atoms with Gasteiger partial charge in [-0.15, -0.1) is 0 Å². The van der Waals surface area contributed by atoms with Crippen molar-refractivity contribution in [1.82, 2.24) is 0 Å². The molecule has 0 unspecified atom stereocenters. The molecule has 0 spiro atoms. The fourth-order valence-corrected chi connectivity index (χ4v) is 0.157. The average molecular weight is 98.1 g/mol. The Morgan fingerprint density at radius 3 is 2.86 bits per heavy atom. The van der Waals surface area contributed by atoms with Gasteiger partial charge in [0, 0.05) is 0 Å². The lowest BCUT2D eigenvalue weighted by molar-refractivity contribution is 0.215. The monoisotopic (exact) mass is 98.1 g/mol. The van der Waals surface area contributed by atoms with Crippen LogP contribution in [0.4, 0.5) is 0 Å². The predicted molar refractivity (Wildman–Crippen MR) is 30.0 cm³/mol. The lowest BCUT2D eigenvalue weighted by Gasteiger charge is -1.77. The second-order valence-corrected chi connectivity index (χ2v) is 0.865. The maximum atomic E-state index is 4.33. The van der Waals surface area contributed by atoms with Gasteiger partial charge in [0.2, 0.25) is 0 Å². The first-order valence-electron chi connectivity index (χ1n) is 1.92. The Labute approximate surface area is 43.5 Å². The summed E-state index contributed by atoms with van der Waals surface area (Å²) in [6, 6.07) is 0. The third-order valence-corrected chi connectivity index (χ3v) is 0.388. The molecular formula is C5H8NO. The van der Waals surface area contributed by atoms with Crippen LogP contribution >= 0.6 is 0 Å². The molecule has 0 aromatic rings. The normalized spacial score (nSPS) is 11.1. The molecule has 0 bridgehead atoms. The summed E-state index contributed by atoms with van der Waals surface area (Å²) in [6.07, 6.45) is 4.83. The van der Waals surface area contributed by atoms with Crippen molar-refractivity contribution < 1.29 is 4.84 Å². The Bertz CT molecular complexity index is 76.1. The number of nitrogens with zero attached hydrogens (tertiary/aromatic N) is 1. The van der Waals surface area contributed by atoms with Crippen LogP contribution in [0.3, 0.4) is 0 Å². The van der Waals surface area contributed by atoms with Crippen molar-refractivity contribution in [1.29, 1.82) is 0 Å². The molecule has 39 valence electrons. The van der Waals surface area contributed by atoms with Gasteiger partial charge in [-0.1, -0.05) is 11.2 Å². The Morgan fingerprint density at radius 2 is 2.43 bits per heavy atom. The van der Waals surface area contributed by atoms with E-state index in [9.17, 15) is 0 Å². The minimum absolute atomic E-state index is 1.49. The molecular weight excluding hydrogens is 90.1 g/mol. The molecule has 0 aliphatic carbocycles. The van der Waals surface area contributed by atoms with Crippen molar-refractivity contribution in [2.75, 3.05) is 7.11 Å². The van der Waals surface area contributed by atoms with Crippen molar-refractivity contribution in [2.45, 2.75) is 0 Å². The summed E-state index contributed by atoms with van der Waals surface area (Å²) in [6.45, 7) is 3.43. The molecule has 0 fully saturated rings. The Kier molecular flexibility index (Phi) is 4.62. The summed E-state index contributed by atoms with van der Waals surface area (Å²) in [5.41, 5.74) is 0. The molecule has 0 heterocycles. The van der Waals surface area contributed by atoms with Crippen LogP contribution in [0.15, 0.2) is 17.3 Å². The molecule has 0 saturated carbocycles. The zero-order valence-electron chi connectivity index (χ0n) is 4.29. The van der Waals surface area contributed by atoms with E-state index in [1.165, 1.54) is 13.3 Å².